The highest BCUT2D eigenvalue weighted by Crippen LogP contribution is 2.34. The number of alkyl halides is 1. The van der Waals surface area contributed by atoms with Crippen LogP contribution in [0.1, 0.15) is 19.3 Å². The standard InChI is InChI=1S/C8H14BrNO3/c1-12-8(13-2)6(9)4-3-5-7(8)10-11/h6,11H,3-5H2,1-2H3/b10-7+. The lowest BCUT2D eigenvalue weighted by molar-refractivity contribution is -0.158. The van der Waals surface area contributed by atoms with Gasteiger partial charge in [0.1, 0.15) is 5.71 Å². The van der Waals surface area contributed by atoms with Crippen molar-refractivity contribution in [2.45, 2.75) is 29.9 Å². The summed E-state index contributed by atoms with van der Waals surface area (Å²) < 4.78 is 10.6. The molecule has 0 aromatic heterocycles. The van der Waals surface area contributed by atoms with Crippen molar-refractivity contribution in [3.05, 3.63) is 0 Å². The van der Waals surface area contributed by atoms with Gasteiger partial charge in [-0.1, -0.05) is 21.1 Å². The van der Waals surface area contributed by atoms with Crippen LogP contribution in [-0.2, 0) is 9.47 Å². The fourth-order valence-corrected chi connectivity index (χ4v) is 2.65. The summed E-state index contributed by atoms with van der Waals surface area (Å²) in [7, 11) is 3.10. The van der Waals surface area contributed by atoms with Gasteiger partial charge >= 0.3 is 0 Å². The van der Waals surface area contributed by atoms with E-state index in [9.17, 15) is 0 Å². The van der Waals surface area contributed by atoms with Crippen molar-refractivity contribution >= 4 is 21.6 Å². The monoisotopic (exact) mass is 251 g/mol. The number of nitrogens with zero attached hydrogens (tertiary/aromatic N) is 1. The van der Waals surface area contributed by atoms with Crippen LogP contribution in [0.2, 0.25) is 0 Å². The second kappa shape index (κ2) is 4.39. The summed E-state index contributed by atoms with van der Waals surface area (Å²) >= 11 is 3.47. The second-order valence-corrected chi connectivity index (χ2v) is 4.09. The first-order valence-corrected chi connectivity index (χ1v) is 5.08. The molecule has 13 heavy (non-hydrogen) atoms. The number of methoxy groups -OCH3 is 2. The van der Waals surface area contributed by atoms with Crippen molar-refractivity contribution in [2.75, 3.05) is 14.2 Å². The number of oxime groups is 1. The molecule has 1 aliphatic rings. The predicted octanol–water partition coefficient (Wildman–Crippen LogP) is 1.75. The first-order chi connectivity index (χ1) is 6.21. The predicted molar refractivity (Wildman–Crippen MR) is 52.5 cm³/mol. The Hall–Kier alpha value is -0.130. The summed E-state index contributed by atoms with van der Waals surface area (Å²) in [6.45, 7) is 0. The average Bonchev–Trinajstić information content (AvgIpc) is 2.18. The maximum Gasteiger partial charge on any atom is 0.224 e. The molecular formula is C8H14BrNO3. The van der Waals surface area contributed by atoms with Crippen LogP contribution in [0.5, 0.6) is 0 Å². The van der Waals surface area contributed by atoms with Gasteiger partial charge in [-0.05, 0) is 19.3 Å². The molecule has 0 aromatic carbocycles. The largest absolute Gasteiger partial charge is 0.411 e. The van der Waals surface area contributed by atoms with Crippen LogP contribution in [0, 0.1) is 0 Å². The molecule has 0 amide bonds. The van der Waals surface area contributed by atoms with Crippen molar-refractivity contribution in [3.8, 4) is 0 Å². The van der Waals surface area contributed by atoms with E-state index in [0.717, 1.165) is 12.8 Å². The van der Waals surface area contributed by atoms with Gasteiger partial charge < -0.3 is 14.7 Å². The summed E-state index contributed by atoms with van der Waals surface area (Å²) in [6, 6.07) is 0. The quantitative estimate of drug-likeness (QED) is 0.352. The summed E-state index contributed by atoms with van der Waals surface area (Å²) in [6.07, 6.45) is 2.63. The molecule has 1 unspecified atom stereocenters. The van der Waals surface area contributed by atoms with Crippen molar-refractivity contribution < 1.29 is 14.7 Å². The zero-order valence-corrected chi connectivity index (χ0v) is 9.37. The van der Waals surface area contributed by atoms with E-state index in [0.29, 0.717) is 12.1 Å². The van der Waals surface area contributed by atoms with Crippen LogP contribution in [0.15, 0.2) is 5.16 Å². The lowest BCUT2D eigenvalue weighted by Gasteiger charge is -2.38. The summed E-state index contributed by atoms with van der Waals surface area (Å²) in [5, 5.41) is 12.0. The molecule has 1 aliphatic carbocycles. The van der Waals surface area contributed by atoms with E-state index in [1.165, 1.54) is 0 Å². The van der Waals surface area contributed by atoms with Crippen molar-refractivity contribution in [1.29, 1.82) is 0 Å². The molecule has 1 fully saturated rings. The number of halogens is 1. The molecule has 0 bridgehead atoms. The van der Waals surface area contributed by atoms with Crippen LogP contribution in [0.4, 0.5) is 0 Å². The number of ether oxygens (including phenoxy) is 2. The molecule has 0 aliphatic heterocycles. The third-order valence-corrected chi connectivity index (χ3v) is 3.47. The zero-order valence-electron chi connectivity index (χ0n) is 7.79. The zero-order chi connectivity index (χ0) is 9.90. The Bertz CT molecular complexity index is 204. The lowest BCUT2D eigenvalue weighted by atomic mass is 9.92. The van der Waals surface area contributed by atoms with Crippen LogP contribution >= 0.6 is 15.9 Å². The lowest BCUT2D eigenvalue weighted by Crippen LogP contribution is -2.52. The van der Waals surface area contributed by atoms with Crippen molar-refractivity contribution in [2.24, 2.45) is 5.16 Å². The van der Waals surface area contributed by atoms with E-state index in [-0.39, 0.29) is 4.83 Å². The van der Waals surface area contributed by atoms with Gasteiger partial charge in [-0.3, -0.25) is 0 Å². The van der Waals surface area contributed by atoms with E-state index in [1.807, 2.05) is 0 Å². The molecule has 0 radical (unpaired) electrons. The summed E-state index contributed by atoms with van der Waals surface area (Å²) in [4.78, 5) is 0.0367. The van der Waals surface area contributed by atoms with E-state index in [4.69, 9.17) is 14.7 Å². The van der Waals surface area contributed by atoms with Crippen LogP contribution < -0.4 is 0 Å². The third kappa shape index (κ3) is 1.73. The molecule has 1 rings (SSSR count). The molecule has 0 aromatic rings. The molecular weight excluding hydrogens is 238 g/mol. The Balaban J connectivity index is 2.95. The molecule has 76 valence electrons. The Morgan fingerprint density at radius 1 is 1.54 bits per heavy atom. The van der Waals surface area contributed by atoms with E-state index >= 15 is 0 Å². The van der Waals surface area contributed by atoms with Gasteiger partial charge in [-0.2, -0.15) is 0 Å². The number of hydrogen-bond acceptors (Lipinski definition) is 4. The van der Waals surface area contributed by atoms with Gasteiger partial charge in [0.2, 0.25) is 5.79 Å². The average molecular weight is 252 g/mol. The number of rotatable bonds is 2. The first-order valence-electron chi connectivity index (χ1n) is 4.17. The topological polar surface area (TPSA) is 51.0 Å². The normalized spacial score (nSPS) is 30.7. The Labute approximate surface area is 86.0 Å². The third-order valence-electron chi connectivity index (χ3n) is 2.41. The Morgan fingerprint density at radius 3 is 2.54 bits per heavy atom. The Kier molecular flexibility index (Phi) is 3.70. The summed E-state index contributed by atoms with van der Waals surface area (Å²) in [5.41, 5.74) is 0.547. The molecule has 0 spiro atoms. The molecule has 5 heteroatoms. The van der Waals surface area contributed by atoms with E-state index in [1.54, 1.807) is 14.2 Å². The van der Waals surface area contributed by atoms with Gasteiger partial charge in [0.05, 0.1) is 4.83 Å². The smallest absolute Gasteiger partial charge is 0.224 e. The van der Waals surface area contributed by atoms with Crippen LogP contribution in [-0.4, -0.2) is 35.8 Å². The Morgan fingerprint density at radius 2 is 2.15 bits per heavy atom. The van der Waals surface area contributed by atoms with Crippen LogP contribution in [0.25, 0.3) is 0 Å². The van der Waals surface area contributed by atoms with Gasteiger partial charge in [0.25, 0.3) is 0 Å². The molecule has 1 atom stereocenters. The minimum absolute atomic E-state index is 0.0367. The highest BCUT2D eigenvalue weighted by Gasteiger charge is 2.46. The molecule has 0 heterocycles. The molecule has 1 saturated carbocycles. The van der Waals surface area contributed by atoms with Gasteiger partial charge in [-0.15, -0.1) is 0 Å². The van der Waals surface area contributed by atoms with Crippen LogP contribution in [0.3, 0.4) is 0 Å². The highest BCUT2D eigenvalue weighted by atomic mass is 79.9. The first kappa shape index (κ1) is 10.9. The maximum absolute atomic E-state index is 8.81. The molecule has 4 nitrogen and oxygen atoms in total. The van der Waals surface area contributed by atoms with E-state index < -0.39 is 5.79 Å². The second-order valence-electron chi connectivity index (χ2n) is 2.98. The van der Waals surface area contributed by atoms with Gasteiger partial charge in [0, 0.05) is 14.2 Å². The SMILES string of the molecule is COC1(OC)/C(=N/O)CCCC1Br. The maximum atomic E-state index is 8.81. The van der Waals surface area contributed by atoms with Gasteiger partial charge in [-0.25, -0.2) is 0 Å². The van der Waals surface area contributed by atoms with Crippen molar-refractivity contribution in [3.63, 3.8) is 0 Å². The fraction of sp³-hybridized carbons (Fsp3) is 0.875. The molecule has 1 N–H and O–H groups in total. The minimum Gasteiger partial charge on any atom is -0.411 e. The number of hydrogen-bond donors (Lipinski definition) is 1. The van der Waals surface area contributed by atoms with E-state index in [2.05, 4.69) is 21.1 Å². The fourth-order valence-electron chi connectivity index (χ4n) is 1.69. The highest BCUT2D eigenvalue weighted by molar-refractivity contribution is 9.09. The van der Waals surface area contributed by atoms with Gasteiger partial charge in [0.15, 0.2) is 0 Å². The molecule has 0 saturated heterocycles. The summed E-state index contributed by atoms with van der Waals surface area (Å²) in [5.74, 6) is -0.896. The van der Waals surface area contributed by atoms with Crippen molar-refractivity contribution in [1.82, 2.24) is 0 Å². The minimum atomic E-state index is -0.896.